The molecule has 0 fully saturated rings. The van der Waals surface area contributed by atoms with Gasteiger partial charge in [0.1, 0.15) is 17.5 Å². The second-order valence-electron chi connectivity index (χ2n) is 4.87. The van der Waals surface area contributed by atoms with Crippen LogP contribution in [0.3, 0.4) is 0 Å². The molecule has 1 heterocycles. The van der Waals surface area contributed by atoms with Crippen LogP contribution >= 0.6 is 0 Å². The van der Waals surface area contributed by atoms with Gasteiger partial charge in [0.2, 0.25) is 0 Å². The molecule has 0 radical (unpaired) electrons. The van der Waals surface area contributed by atoms with E-state index in [-0.39, 0.29) is 0 Å². The lowest BCUT2D eigenvalue weighted by atomic mass is 10.2. The lowest BCUT2D eigenvalue weighted by Crippen LogP contribution is -2.18. The van der Waals surface area contributed by atoms with Gasteiger partial charge in [0.15, 0.2) is 0 Å². The highest BCUT2D eigenvalue weighted by molar-refractivity contribution is 5.57. The second kappa shape index (κ2) is 7.94. The average molecular weight is 266 g/mol. The minimum Gasteiger partial charge on any atom is -0.392 e. The number of aliphatic hydroxyl groups excluding tert-OH is 1. The van der Waals surface area contributed by atoms with Crippen molar-refractivity contribution in [1.29, 1.82) is 0 Å². The molecule has 5 heteroatoms. The van der Waals surface area contributed by atoms with Crippen molar-refractivity contribution in [2.45, 2.75) is 53.1 Å². The third-order valence-electron chi connectivity index (χ3n) is 2.77. The molecule has 1 unspecified atom stereocenters. The topological polar surface area (TPSA) is 70.1 Å². The number of nitrogens with zero attached hydrogens (tertiary/aromatic N) is 2. The molecule has 1 rings (SSSR count). The van der Waals surface area contributed by atoms with E-state index in [1.807, 2.05) is 6.92 Å². The van der Waals surface area contributed by atoms with Crippen LogP contribution in [0.2, 0.25) is 0 Å². The standard InChI is InChI=1S/C14H26N4O/c1-5-7-12-17-13(15-8-6-2)11(4)14(18-12)16-9-10(3)19/h10,19H,5-9H2,1-4H3,(H2,15,16,17,18). The van der Waals surface area contributed by atoms with Gasteiger partial charge in [0, 0.05) is 25.1 Å². The normalized spacial score (nSPS) is 12.3. The van der Waals surface area contributed by atoms with Crippen molar-refractivity contribution in [1.82, 2.24) is 9.97 Å². The van der Waals surface area contributed by atoms with E-state index in [0.717, 1.165) is 48.8 Å². The van der Waals surface area contributed by atoms with E-state index in [4.69, 9.17) is 0 Å². The highest BCUT2D eigenvalue weighted by atomic mass is 16.3. The summed E-state index contributed by atoms with van der Waals surface area (Å²) in [5.41, 5.74) is 1.01. The van der Waals surface area contributed by atoms with Crippen molar-refractivity contribution < 1.29 is 5.11 Å². The summed E-state index contributed by atoms with van der Waals surface area (Å²) in [7, 11) is 0. The Balaban J connectivity index is 2.94. The van der Waals surface area contributed by atoms with Crippen molar-refractivity contribution in [3.05, 3.63) is 11.4 Å². The molecule has 3 N–H and O–H groups in total. The molecule has 0 spiro atoms. The van der Waals surface area contributed by atoms with E-state index in [1.54, 1.807) is 6.92 Å². The Hall–Kier alpha value is -1.36. The fourth-order valence-electron chi connectivity index (χ4n) is 1.73. The molecule has 1 aromatic heterocycles. The highest BCUT2D eigenvalue weighted by Gasteiger charge is 2.10. The van der Waals surface area contributed by atoms with Gasteiger partial charge < -0.3 is 15.7 Å². The van der Waals surface area contributed by atoms with Crippen LogP contribution in [0.1, 0.15) is 45.0 Å². The number of nitrogens with one attached hydrogen (secondary N) is 2. The zero-order chi connectivity index (χ0) is 14.3. The predicted molar refractivity (Wildman–Crippen MR) is 79.7 cm³/mol. The third kappa shape index (κ3) is 5.03. The molecule has 1 atom stereocenters. The van der Waals surface area contributed by atoms with Crippen LogP contribution in [0.5, 0.6) is 0 Å². The second-order valence-corrected chi connectivity index (χ2v) is 4.87. The van der Waals surface area contributed by atoms with Crippen molar-refractivity contribution in [2.24, 2.45) is 0 Å². The fourth-order valence-corrected chi connectivity index (χ4v) is 1.73. The molecule has 0 aliphatic rings. The first kappa shape index (κ1) is 15.7. The summed E-state index contributed by atoms with van der Waals surface area (Å²) in [6, 6.07) is 0. The molecule has 5 nitrogen and oxygen atoms in total. The molecule has 1 aromatic rings. The Morgan fingerprint density at radius 3 is 2.26 bits per heavy atom. The van der Waals surface area contributed by atoms with Crippen molar-refractivity contribution >= 4 is 11.6 Å². The molecule has 0 aliphatic carbocycles. The molecular formula is C14H26N4O. The largest absolute Gasteiger partial charge is 0.392 e. The number of rotatable bonds is 8. The zero-order valence-corrected chi connectivity index (χ0v) is 12.5. The van der Waals surface area contributed by atoms with E-state index in [0.29, 0.717) is 6.54 Å². The summed E-state index contributed by atoms with van der Waals surface area (Å²) in [5.74, 6) is 2.56. The van der Waals surface area contributed by atoms with Gasteiger partial charge in [-0.3, -0.25) is 0 Å². The van der Waals surface area contributed by atoms with Crippen LogP contribution in [0.4, 0.5) is 11.6 Å². The minimum atomic E-state index is -0.393. The summed E-state index contributed by atoms with van der Waals surface area (Å²) in [6.45, 7) is 9.40. The minimum absolute atomic E-state index is 0.393. The maximum absolute atomic E-state index is 9.37. The van der Waals surface area contributed by atoms with Gasteiger partial charge in [-0.1, -0.05) is 13.8 Å². The van der Waals surface area contributed by atoms with E-state index in [1.165, 1.54) is 0 Å². The summed E-state index contributed by atoms with van der Waals surface area (Å²) >= 11 is 0. The Morgan fingerprint density at radius 2 is 1.74 bits per heavy atom. The summed E-state index contributed by atoms with van der Waals surface area (Å²) in [4.78, 5) is 9.09. The maximum atomic E-state index is 9.37. The van der Waals surface area contributed by atoms with Crippen LogP contribution in [0.15, 0.2) is 0 Å². The number of hydrogen-bond acceptors (Lipinski definition) is 5. The number of aryl methyl sites for hydroxylation is 1. The lowest BCUT2D eigenvalue weighted by Gasteiger charge is -2.15. The number of hydrogen-bond donors (Lipinski definition) is 3. The average Bonchev–Trinajstić information content (AvgIpc) is 2.37. The maximum Gasteiger partial charge on any atom is 0.134 e. The quantitative estimate of drug-likeness (QED) is 0.674. The molecular weight excluding hydrogens is 240 g/mol. The van der Waals surface area contributed by atoms with Gasteiger partial charge in [-0.05, 0) is 26.7 Å². The number of anilines is 2. The van der Waals surface area contributed by atoms with E-state index in [2.05, 4.69) is 34.4 Å². The van der Waals surface area contributed by atoms with E-state index < -0.39 is 6.10 Å². The first-order valence-corrected chi connectivity index (χ1v) is 7.11. The molecule has 0 bridgehead atoms. The number of aliphatic hydroxyl groups is 1. The molecule has 0 aromatic carbocycles. The molecule has 0 saturated carbocycles. The zero-order valence-electron chi connectivity index (χ0n) is 12.5. The van der Waals surface area contributed by atoms with Gasteiger partial charge in [-0.25, -0.2) is 9.97 Å². The Morgan fingerprint density at radius 1 is 1.11 bits per heavy atom. The lowest BCUT2D eigenvalue weighted by molar-refractivity contribution is 0.208. The summed E-state index contributed by atoms with van der Waals surface area (Å²) in [6.07, 6.45) is 2.55. The van der Waals surface area contributed by atoms with Gasteiger partial charge in [-0.15, -0.1) is 0 Å². The number of aromatic nitrogens is 2. The monoisotopic (exact) mass is 266 g/mol. The van der Waals surface area contributed by atoms with E-state index >= 15 is 0 Å². The van der Waals surface area contributed by atoms with Crippen LogP contribution in [-0.2, 0) is 6.42 Å². The highest BCUT2D eigenvalue weighted by Crippen LogP contribution is 2.20. The third-order valence-corrected chi connectivity index (χ3v) is 2.77. The molecule has 0 aliphatic heterocycles. The van der Waals surface area contributed by atoms with Gasteiger partial charge in [0.05, 0.1) is 6.10 Å². The van der Waals surface area contributed by atoms with Crippen LogP contribution in [0.25, 0.3) is 0 Å². The first-order valence-electron chi connectivity index (χ1n) is 7.11. The van der Waals surface area contributed by atoms with Gasteiger partial charge >= 0.3 is 0 Å². The Bertz CT molecular complexity index is 393. The molecule has 0 saturated heterocycles. The SMILES string of the molecule is CCCNc1nc(CCC)nc(NCC(C)O)c1C. The summed E-state index contributed by atoms with van der Waals surface area (Å²) in [5, 5.41) is 15.9. The van der Waals surface area contributed by atoms with Crippen molar-refractivity contribution in [3.8, 4) is 0 Å². The molecule has 0 amide bonds. The fraction of sp³-hybridized carbons (Fsp3) is 0.714. The molecule has 19 heavy (non-hydrogen) atoms. The Kier molecular flexibility index (Phi) is 6.56. The van der Waals surface area contributed by atoms with Crippen molar-refractivity contribution in [2.75, 3.05) is 23.7 Å². The first-order chi connectivity index (χ1) is 9.08. The Labute approximate surface area is 115 Å². The van der Waals surface area contributed by atoms with Gasteiger partial charge in [-0.2, -0.15) is 0 Å². The van der Waals surface area contributed by atoms with Gasteiger partial charge in [0.25, 0.3) is 0 Å². The summed E-state index contributed by atoms with van der Waals surface area (Å²) < 4.78 is 0. The van der Waals surface area contributed by atoms with Crippen LogP contribution in [0, 0.1) is 6.92 Å². The van der Waals surface area contributed by atoms with Crippen LogP contribution in [-0.4, -0.2) is 34.3 Å². The smallest absolute Gasteiger partial charge is 0.134 e. The van der Waals surface area contributed by atoms with E-state index in [9.17, 15) is 5.11 Å². The van der Waals surface area contributed by atoms with Crippen LogP contribution < -0.4 is 10.6 Å². The van der Waals surface area contributed by atoms with Crippen molar-refractivity contribution in [3.63, 3.8) is 0 Å². The predicted octanol–water partition coefficient (Wildman–Crippen LogP) is 2.35. The molecule has 108 valence electrons.